The lowest BCUT2D eigenvalue weighted by atomic mass is 10.0. The third-order valence-corrected chi connectivity index (χ3v) is 4.60. The van der Waals surface area contributed by atoms with Gasteiger partial charge in [-0.3, -0.25) is 4.79 Å². The quantitative estimate of drug-likeness (QED) is 0.851. The van der Waals surface area contributed by atoms with E-state index in [0.717, 1.165) is 12.5 Å². The van der Waals surface area contributed by atoms with Crippen molar-refractivity contribution in [3.05, 3.63) is 57.1 Å². The van der Waals surface area contributed by atoms with Crippen LogP contribution >= 0.6 is 0 Å². The summed E-state index contributed by atoms with van der Waals surface area (Å²) in [6, 6.07) is 6.60. The van der Waals surface area contributed by atoms with Gasteiger partial charge in [-0.15, -0.1) is 0 Å². The van der Waals surface area contributed by atoms with Crippen molar-refractivity contribution < 1.29 is 18.3 Å². The lowest BCUT2D eigenvalue weighted by Gasteiger charge is -2.25. The van der Waals surface area contributed by atoms with Crippen LogP contribution in [-0.4, -0.2) is 34.3 Å². The van der Waals surface area contributed by atoms with E-state index >= 15 is 0 Å². The van der Waals surface area contributed by atoms with E-state index in [4.69, 9.17) is 0 Å². The number of aliphatic hydroxyl groups is 1. The highest BCUT2D eigenvalue weighted by Crippen LogP contribution is 2.33. The van der Waals surface area contributed by atoms with E-state index in [1.54, 1.807) is 11.0 Å². The summed E-state index contributed by atoms with van der Waals surface area (Å²) in [5.74, 6) is 0.145. The predicted molar refractivity (Wildman–Crippen MR) is 91.3 cm³/mol. The van der Waals surface area contributed by atoms with Gasteiger partial charge in [0.2, 0.25) is 0 Å². The minimum absolute atomic E-state index is 0.0241. The van der Waals surface area contributed by atoms with Gasteiger partial charge in [0.1, 0.15) is 11.9 Å². The molecule has 0 aliphatic carbocycles. The summed E-state index contributed by atoms with van der Waals surface area (Å²) in [7, 11) is 0. The number of H-pyrrole nitrogens is 1. The van der Waals surface area contributed by atoms with Gasteiger partial charge in [-0.1, -0.05) is 18.2 Å². The Hall–Kier alpha value is -2.86. The van der Waals surface area contributed by atoms with Gasteiger partial charge in [0.05, 0.1) is 18.2 Å². The van der Waals surface area contributed by atoms with Crippen LogP contribution in [0.3, 0.4) is 0 Å². The molecule has 0 spiro atoms. The van der Waals surface area contributed by atoms with Crippen molar-refractivity contribution in [3.8, 4) is 6.07 Å². The molecule has 27 heavy (non-hydrogen) atoms. The second-order valence-electron chi connectivity index (χ2n) is 6.33. The average Bonchev–Trinajstić information content (AvgIpc) is 3.09. The summed E-state index contributed by atoms with van der Waals surface area (Å²) in [6.45, 7) is 0.348. The number of nitriles is 1. The fourth-order valence-corrected chi connectivity index (χ4v) is 3.33. The topological polar surface area (TPSA) is 93.0 Å². The number of aromatic nitrogens is 2. The first-order valence-electron chi connectivity index (χ1n) is 8.41. The van der Waals surface area contributed by atoms with Crippen LogP contribution in [0.4, 0.5) is 19.0 Å². The summed E-state index contributed by atoms with van der Waals surface area (Å²) in [5.41, 5.74) is -1.73. The molecule has 0 unspecified atom stereocenters. The van der Waals surface area contributed by atoms with E-state index in [1.807, 2.05) is 0 Å². The Kier molecular flexibility index (Phi) is 5.19. The van der Waals surface area contributed by atoms with E-state index in [1.165, 1.54) is 18.2 Å². The lowest BCUT2D eigenvalue weighted by Crippen LogP contribution is -2.35. The van der Waals surface area contributed by atoms with Gasteiger partial charge in [0.25, 0.3) is 5.56 Å². The Morgan fingerprint density at radius 1 is 1.37 bits per heavy atom. The maximum absolute atomic E-state index is 13.2. The first kappa shape index (κ1) is 18.9. The maximum atomic E-state index is 13.2. The zero-order valence-electron chi connectivity index (χ0n) is 14.3. The smallest absolute Gasteiger partial charge is 0.394 e. The molecule has 0 amide bonds. The Bertz CT molecular complexity index is 933. The summed E-state index contributed by atoms with van der Waals surface area (Å²) in [4.78, 5) is 20.6. The summed E-state index contributed by atoms with van der Waals surface area (Å²) >= 11 is 0. The molecular formula is C18H17F3N4O2. The molecule has 0 bridgehead atoms. The van der Waals surface area contributed by atoms with Crippen molar-refractivity contribution in [2.45, 2.75) is 31.5 Å². The van der Waals surface area contributed by atoms with Gasteiger partial charge >= 0.3 is 6.18 Å². The van der Waals surface area contributed by atoms with E-state index in [9.17, 15) is 28.3 Å². The average molecular weight is 378 g/mol. The van der Waals surface area contributed by atoms with Crippen LogP contribution in [0.2, 0.25) is 0 Å². The number of hydrogen-bond donors (Lipinski definition) is 2. The van der Waals surface area contributed by atoms with Gasteiger partial charge in [0, 0.05) is 13.0 Å². The Balaban J connectivity index is 2.04. The van der Waals surface area contributed by atoms with Crippen LogP contribution in [0.15, 0.2) is 29.1 Å². The first-order chi connectivity index (χ1) is 12.8. The molecule has 0 radical (unpaired) electrons. The third kappa shape index (κ3) is 3.80. The molecule has 0 saturated carbocycles. The van der Waals surface area contributed by atoms with Crippen LogP contribution in [0.1, 0.15) is 35.4 Å². The van der Waals surface area contributed by atoms with Crippen molar-refractivity contribution in [3.63, 3.8) is 0 Å². The van der Waals surface area contributed by atoms with Crippen molar-refractivity contribution >= 4 is 5.82 Å². The molecule has 1 aromatic carbocycles. The monoisotopic (exact) mass is 378 g/mol. The minimum atomic E-state index is -4.52. The fourth-order valence-electron chi connectivity index (χ4n) is 3.33. The highest BCUT2D eigenvalue weighted by molar-refractivity contribution is 5.54. The summed E-state index contributed by atoms with van der Waals surface area (Å²) in [5, 5.41) is 18.8. The van der Waals surface area contributed by atoms with Gasteiger partial charge in [-0.2, -0.15) is 18.4 Å². The summed E-state index contributed by atoms with van der Waals surface area (Å²) < 4.78 is 39.6. The van der Waals surface area contributed by atoms with Crippen molar-refractivity contribution in [2.24, 2.45) is 0 Å². The molecule has 1 saturated heterocycles. The van der Waals surface area contributed by atoms with Crippen LogP contribution in [0.25, 0.3) is 0 Å². The van der Waals surface area contributed by atoms with Crippen LogP contribution in [-0.2, 0) is 12.6 Å². The number of hydrogen-bond acceptors (Lipinski definition) is 5. The molecule has 6 nitrogen and oxygen atoms in total. The van der Waals surface area contributed by atoms with E-state index in [-0.39, 0.29) is 41.8 Å². The molecule has 1 fully saturated rings. The zero-order valence-corrected chi connectivity index (χ0v) is 14.3. The Morgan fingerprint density at radius 2 is 2.11 bits per heavy atom. The second-order valence-corrected chi connectivity index (χ2v) is 6.33. The van der Waals surface area contributed by atoms with Gasteiger partial charge in [-0.05, 0) is 24.5 Å². The van der Waals surface area contributed by atoms with E-state index in [2.05, 4.69) is 9.97 Å². The highest BCUT2D eigenvalue weighted by Gasteiger charge is 2.33. The zero-order chi connectivity index (χ0) is 19.6. The lowest BCUT2D eigenvalue weighted by molar-refractivity contribution is -0.138. The fraction of sp³-hybridized carbons (Fsp3) is 0.389. The molecule has 1 aromatic heterocycles. The van der Waals surface area contributed by atoms with Crippen molar-refractivity contribution in [2.75, 3.05) is 18.1 Å². The number of alkyl halides is 3. The molecule has 142 valence electrons. The standard InChI is InChI=1S/C18H17F3N4O2/c19-18(20,21)14-6-2-1-4-11(14)8-15-23-16(13(9-22)17(27)24-15)25-7-3-5-12(25)10-26/h1-2,4,6,12,26H,3,5,7-8,10H2,(H,23,24,27)/t12-/m0/s1. The van der Waals surface area contributed by atoms with Gasteiger partial charge < -0.3 is 15.0 Å². The second kappa shape index (κ2) is 7.40. The van der Waals surface area contributed by atoms with Crippen LogP contribution < -0.4 is 10.5 Å². The number of aliphatic hydroxyl groups excluding tert-OH is 1. The number of nitrogens with one attached hydrogen (secondary N) is 1. The molecule has 3 rings (SSSR count). The van der Waals surface area contributed by atoms with Crippen LogP contribution in [0, 0.1) is 11.3 Å². The third-order valence-electron chi connectivity index (χ3n) is 4.60. The number of aromatic amines is 1. The minimum Gasteiger partial charge on any atom is -0.394 e. The number of rotatable bonds is 4. The molecule has 1 aliphatic rings. The van der Waals surface area contributed by atoms with Crippen LogP contribution in [0.5, 0.6) is 0 Å². The van der Waals surface area contributed by atoms with E-state index < -0.39 is 17.3 Å². The van der Waals surface area contributed by atoms with Crippen molar-refractivity contribution in [1.82, 2.24) is 9.97 Å². The van der Waals surface area contributed by atoms with Gasteiger partial charge in [-0.25, -0.2) is 4.98 Å². The Morgan fingerprint density at radius 3 is 2.78 bits per heavy atom. The SMILES string of the molecule is N#Cc1c(N2CCC[C@H]2CO)nc(Cc2ccccc2C(F)(F)F)[nH]c1=O. The largest absolute Gasteiger partial charge is 0.416 e. The number of nitrogens with zero attached hydrogens (tertiary/aromatic N) is 3. The molecule has 2 heterocycles. The molecule has 9 heteroatoms. The Labute approximate surface area is 152 Å². The summed E-state index contributed by atoms with van der Waals surface area (Å²) in [6.07, 6.45) is -3.32. The highest BCUT2D eigenvalue weighted by atomic mass is 19.4. The normalized spacial score (nSPS) is 17.1. The van der Waals surface area contributed by atoms with E-state index in [0.29, 0.717) is 13.0 Å². The number of anilines is 1. The number of benzene rings is 1. The molecule has 1 atom stereocenters. The van der Waals surface area contributed by atoms with Gasteiger partial charge in [0.15, 0.2) is 11.4 Å². The maximum Gasteiger partial charge on any atom is 0.416 e. The number of halogens is 3. The predicted octanol–water partition coefficient (Wildman–Crippen LogP) is 2.21. The molecule has 1 aliphatic heterocycles. The molecule has 2 aromatic rings. The van der Waals surface area contributed by atoms with Crippen molar-refractivity contribution in [1.29, 1.82) is 5.26 Å². The molecular weight excluding hydrogens is 361 g/mol. The first-order valence-corrected chi connectivity index (χ1v) is 8.41. The molecule has 2 N–H and O–H groups in total.